The molecular formula is C45H70O18. The Labute approximate surface area is 367 Å². The molecule has 18 nitrogen and oxygen atoms in total. The summed E-state index contributed by atoms with van der Waals surface area (Å²) in [5, 5.41) is 103. The molecule has 0 aromatic carbocycles. The number of aliphatic hydroxyl groups is 10. The van der Waals surface area contributed by atoms with Gasteiger partial charge >= 0.3 is 0 Å². The first-order valence-corrected chi connectivity index (χ1v) is 22.8. The number of hydrogen-bond donors (Lipinski definition) is 10. The molecule has 0 aromatic heterocycles. The van der Waals surface area contributed by atoms with Gasteiger partial charge in [-0.1, -0.05) is 32.4 Å². The van der Waals surface area contributed by atoms with Gasteiger partial charge in [-0.2, -0.15) is 0 Å². The molecule has 3 saturated carbocycles. The molecule has 10 N–H and O–H groups in total. The van der Waals surface area contributed by atoms with E-state index in [0.717, 1.165) is 25.7 Å². The van der Waals surface area contributed by atoms with Crippen LogP contribution in [-0.2, 0) is 38.0 Å². The van der Waals surface area contributed by atoms with E-state index in [2.05, 4.69) is 19.9 Å². The summed E-state index contributed by atoms with van der Waals surface area (Å²) < 4.78 is 35.1. The molecule has 0 aromatic rings. The number of ketones is 2. The van der Waals surface area contributed by atoms with Crippen molar-refractivity contribution in [2.24, 2.45) is 34.5 Å². The Bertz CT molecular complexity index is 1700. The number of aliphatic hydroxyl groups excluding tert-OH is 10. The highest BCUT2D eigenvalue weighted by Gasteiger charge is 2.60. The van der Waals surface area contributed by atoms with Crippen molar-refractivity contribution in [2.45, 2.75) is 191 Å². The zero-order chi connectivity index (χ0) is 45.9. The van der Waals surface area contributed by atoms with Crippen LogP contribution in [0.5, 0.6) is 0 Å². The van der Waals surface area contributed by atoms with Crippen molar-refractivity contribution in [3.63, 3.8) is 0 Å². The van der Waals surface area contributed by atoms with E-state index in [9.17, 15) is 60.7 Å². The van der Waals surface area contributed by atoms with Crippen molar-refractivity contribution in [1.82, 2.24) is 0 Å². The van der Waals surface area contributed by atoms with Crippen LogP contribution in [0, 0.1) is 34.5 Å². The standard InChI is InChI=1S/C45H70O18/c1-19(18-58-41-38(56)36(54)33(51)29(16-46)61-41)6-9-27(48)20(2)31-28(49)15-26-24-8-7-22-14-23(10-12-44(22,4)25(24)11-13-45(26,31)5)60-43-40(37(55)34(52)30(17-47)62-43)63-42-39(57)35(53)32(50)21(3)59-42/h7,19,21,23-26,29-30,32-43,46-47,50-57H,6,8-18H2,1-5H3/b31-20+/t19-,21-,23-,24-,25-,26+,29+,30+,32-,33+,34+,35+,36-,37-,38+,39+,40+,41+,42-,43+,44-,45-/m0/s1. The lowest BCUT2D eigenvalue weighted by molar-refractivity contribution is -0.369. The first-order valence-electron chi connectivity index (χ1n) is 22.8. The van der Waals surface area contributed by atoms with Crippen molar-refractivity contribution in [3.8, 4) is 0 Å². The molecular weight excluding hydrogens is 828 g/mol. The summed E-state index contributed by atoms with van der Waals surface area (Å²) in [6.45, 7) is 8.48. The third-order valence-electron chi connectivity index (χ3n) is 16.0. The molecule has 0 unspecified atom stereocenters. The molecule has 22 atom stereocenters. The van der Waals surface area contributed by atoms with Crippen LogP contribution < -0.4 is 0 Å². The van der Waals surface area contributed by atoms with E-state index in [1.807, 2.05) is 6.92 Å². The molecule has 0 bridgehead atoms. The number of allylic oxidation sites excluding steroid dienone is 3. The van der Waals surface area contributed by atoms with Gasteiger partial charge < -0.3 is 79.5 Å². The Morgan fingerprint density at radius 3 is 2.06 bits per heavy atom. The average Bonchev–Trinajstić information content (AvgIpc) is 3.54. The fourth-order valence-electron chi connectivity index (χ4n) is 12.0. The molecule has 0 amide bonds. The van der Waals surface area contributed by atoms with Crippen molar-refractivity contribution in [1.29, 1.82) is 0 Å². The maximum atomic E-state index is 13.9. The van der Waals surface area contributed by atoms with Gasteiger partial charge in [-0.3, -0.25) is 9.59 Å². The summed E-state index contributed by atoms with van der Waals surface area (Å²) >= 11 is 0. The second-order valence-corrected chi connectivity index (χ2v) is 19.9. The Morgan fingerprint density at radius 1 is 0.762 bits per heavy atom. The van der Waals surface area contributed by atoms with Gasteiger partial charge in [0.15, 0.2) is 30.4 Å². The van der Waals surface area contributed by atoms with Crippen LogP contribution in [0.25, 0.3) is 0 Å². The van der Waals surface area contributed by atoms with Gasteiger partial charge in [0.25, 0.3) is 0 Å². The normalized spacial score (nSPS) is 49.0. The fraction of sp³-hybridized carbons (Fsp3) is 0.867. The van der Waals surface area contributed by atoms with Crippen molar-refractivity contribution >= 4 is 11.6 Å². The first-order chi connectivity index (χ1) is 29.7. The third kappa shape index (κ3) is 9.15. The average molecular weight is 899 g/mol. The van der Waals surface area contributed by atoms with E-state index in [1.54, 1.807) is 6.92 Å². The Kier molecular flexibility index (Phi) is 15.1. The SMILES string of the molecule is C/C(C(=O)CC[C@H](C)CO[C@@H]1O[C@H](CO)[C@@H](O)[C@H](O)[C@H]1O)=C1/C(=O)C[C@@H]2[C@H]3CC=C4C[C@@H](O[C@@H]5O[C@H](CO)[C@@H](O)[C@H](O)[C@H]5O[C@@H]5O[C@@H](C)[C@H](O)[C@@H](O)[C@H]5O)CC[C@]4(C)[C@H]3CC[C@]12C. The minimum atomic E-state index is -1.67. The predicted molar refractivity (Wildman–Crippen MR) is 218 cm³/mol. The van der Waals surface area contributed by atoms with E-state index in [0.29, 0.717) is 36.8 Å². The molecule has 6 fully saturated rings. The summed E-state index contributed by atoms with van der Waals surface area (Å²) in [5.41, 5.74) is 1.73. The van der Waals surface area contributed by atoms with Crippen LogP contribution in [-0.4, -0.2) is 181 Å². The topological polar surface area (TPSA) is 292 Å². The van der Waals surface area contributed by atoms with Gasteiger partial charge in [-0.05, 0) is 98.9 Å². The highest BCUT2D eigenvalue weighted by atomic mass is 16.8. The monoisotopic (exact) mass is 898 g/mol. The Balaban J connectivity index is 0.985. The van der Waals surface area contributed by atoms with Gasteiger partial charge in [-0.25, -0.2) is 0 Å². The zero-order valence-corrected chi connectivity index (χ0v) is 36.8. The van der Waals surface area contributed by atoms with Gasteiger partial charge in [0, 0.05) is 18.4 Å². The number of ether oxygens (including phenoxy) is 6. The Hall–Kier alpha value is -1.82. The molecule has 4 aliphatic carbocycles. The van der Waals surface area contributed by atoms with Crippen molar-refractivity contribution in [3.05, 3.63) is 22.8 Å². The minimum Gasteiger partial charge on any atom is -0.394 e. The number of rotatable bonds is 13. The second kappa shape index (κ2) is 19.4. The smallest absolute Gasteiger partial charge is 0.187 e. The number of hydrogen-bond acceptors (Lipinski definition) is 18. The summed E-state index contributed by atoms with van der Waals surface area (Å²) in [7, 11) is 0. The predicted octanol–water partition coefficient (Wildman–Crippen LogP) is -0.716. The molecule has 7 rings (SSSR count). The van der Waals surface area contributed by atoms with Crippen LogP contribution in [0.4, 0.5) is 0 Å². The zero-order valence-electron chi connectivity index (χ0n) is 36.8. The Morgan fingerprint density at radius 2 is 1.38 bits per heavy atom. The highest BCUT2D eigenvalue weighted by molar-refractivity contribution is 6.08. The molecule has 0 spiro atoms. The van der Waals surface area contributed by atoms with Gasteiger partial charge in [0.05, 0.1) is 32.0 Å². The molecule has 7 aliphatic rings. The second-order valence-electron chi connectivity index (χ2n) is 19.9. The molecule has 3 saturated heterocycles. The van der Waals surface area contributed by atoms with Crippen molar-refractivity contribution in [2.75, 3.05) is 19.8 Å². The number of carbonyl (C=O) groups is 2. The minimum absolute atomic E-state index is 0.0223. The van der Waals surface area contributed by atoms with Crippen LogP contribution in [0.2, 0.25) is 0 Å². The maximum Gasteiger partial charge on any atom is 0.187 e. The maximum absolute atomic E-state index is 13.9. The molecule has 0 radical (unpaired) electrons. The lowest BCUT2D eigenvalue weighted by Crippen LogP contribution is -2.64. The van der Waals surface area contributed by atoms with Gasteiger partial charge in [0.1, 0.15) is 67.1 Å². The van der Waals surface area contributed by atoms with Crippen LogP contribution in [0.15, 0.2) is 22.8 Å². The molecule has 63 heavy (non-hydrogen) atoms. The van der Waals surface area contributed by atoms with E-state index >= 15 is 0 Å². The largest absolute Gasteiger partial charge is 0.394 e. The third-order valence-corrected chi connectivity index (χ3v) is 16.0. The van der Waals surface area contributed by atoms with Crippen LogP contribution >= 0.6 is 0 Å². The molecule has 358 valence electrons. The first kappa shape index (κ1) is 49.1. The summed E-state index contributed by atoms with van der Waals surface area (Å²) in [6.07, 6.45) is -13.8. The number of Topliss-reactive ketones (excluding diaryl/α,β-unsaturated/α-hetero) is 2. The van der Waals surface area contributed by atoms with Crippen LogP contribution in [0.1, 0.15) is 92.4 Å². The lowest BCUT2D eigenvalue weighted by Gasteiger charge is -2.57. The quantitative estimate of drug-likeness (QED) is 0.0807. The number of carbonyl (C=O) groups excluding carboxylic acids is 2. The summed E-state index contributed by atoms with van der Waals surface area (Å²) in [6, 6.07) is 0. The fourth-order valence-corrected chi connectivity index (χ4v) is 12.0. The highest BCUT2D eigenvalue weighted by Crippen LogP contribution is 2.66. The van der Waals surface area contributed by atoms with E-state index in [-0.39, 0.29) is 53.7 Å². The number of fused-ring (bicyclic) bond motifs is 5. The summed E-state index contributed by atoms with van der Waals surface area (Å²) in [4.78, 5) is 27.7. The van der Waals surface area contributed by atoms with E-state index in [1.165, 1.54) is 12.5 Å². The van der Waals surface area contributed by atoms with E-state index in [4.69, 9.17) is 28.4 Å². The van der Waals surface area contributed by atoms with E-state index < -0.39 is 117 Å². The molecule has 3 heterocycles. The molecule has 18 heteroatoms. The lowest BCUT2D eigenvalue weighted by atomic mass is 9.47. The van der Waals surface area contributed by atoms with Crippen LogP contribution in [0.3, 0.4) is 0 Å². The van der Waals surface area contributed by atoms with Gasteiger partial charge in [-0.15, -0.1) is 0 Å². The van der Waals surface area contributed by atoms with Crippen molar-refractivity contribution < 1.29 is 89.1 Å². The molecule has 3 aliphatic heterocycles. The summed E-state index contributed by atoms with van der Waals surface area (Å²) in [5.74, 6) is 0.340. The van der Waals surface area contributed by atoms with Gasteiger partial charge in [0.2, 0.25) is 0 Å².